The first-order valence-corrected chi connectivity index (χ1v) is 8.79. The van der Waals surface area contributed by atoms with Gasteiger partial charge in [0, 0.05) is 53.0 Å². The Morgan fingerprint density at radius 3 is 3.00 bits per heavy atom. The minimum atomic E-state index is -0.247. The zero-order valence-electron chi connectivity index (χ0n) is 13.2. The topological polar surface area (TPSA) is 42.1 Å². The summed E-state index contributed by atoms with van der Waals surface area (Å²) in [4.78, 5) is 9.01. The highest BCUT2D eigenvalue weighted by molar-refractivity contribution is 7.15. The van der Waals surface area contributed by atoms with Gasteiger partial charge in [-0.05, 0) is 47.9 Å². The van der Waals surface area contributed by atoms with Crippen LogP contribution in [0.25, 0.3) is 10.4 Å². The van der Waals surface area contributed by atoms with Crippen LogP contribution in [0.5, 0.6) is 0 Å². The number of rotatable bonds is 3. The zero-order chi connectivity index (χ0) is 16.5. The van der Waals surface area contributed by atoms with E-state index in [2.05, 4.69) is 22.0 Å². The van der Waals surface area contributed by atoms with E-state index < -0.39 is 0 Å². The molecule has 4 rings (SSSR count). The molecule has 0 radical (unpaired) electrons. The fourth-order valence-corrected chi connectivity index (χ4v) is 4.42. The Labute approximate surface area is 144 Å². The van der Waals surface area contributed by atoms with E-state index in [1.54, 1.807) is 23.6 Å². The third-order valence-corrected chi connectivity index (χ3v) is 5.57. The van der Waals surface area contributed by atoms with Crippen LogP contribution in [0.1, 0.15) is 16.0 Å². The minimum Gasteiger partial charge on any atom is -0.398 e. The maximum absolute atomic E-state index is 13.6. The van der Waals surface area contributed by atoms with Crippen LogP contribution in [-0.2, 0) is 19.5 Å². The van der Waals surface area contributed by atoms with Crippen molar-refractivity contribution in [2.45, 2.75) is 19.5 Å². The fraction of sp³-hybridized carbons (Fsp3) is 0.211. The van der Waals surface area contributed by atoms with E-state index in [0.29, 0.717) is 5.69 Å². The molecule has 0 fully saturated rings. The highest BCUT2D eigenvalue weighted by atomic mass is 32.1. The maximum Gasteiger partial charge on any atom is 0.124 e. The van der Waals surface area contributed by atoms with Crippen molar-refractivity contribution < 1.29 is 4.39 Å². The van der Waals surface area contributed by atoms with E-state index in [0.717, 1.165) is 36.5 Å². The van der Waals surface area contributed by atoms with Crippen LogP contribution in [0.3, 0.4) is 0 Å². The molecule has 122 valence electrons. The third kappa shape index (κ3) is 3.05. The summed E-state index contributed by atoms with van der Waals surface area (Å²) in [6, 6.07) is 10.8. The number of aromatic nitrogens is 1. The summed E-state index contributed by atoms with van der Waals surface area (Å²) in [6.45, 7) is 2.85. The average molecular weight is 339 g/mol. The number of nitrogens with zero attached hydrogens (tertiary/aromatic N) is 2. The Morgan fingerprint density at radius 1 is 1.25 bits per heavy atom. The molecule has 3 nitrogen and oxygen atoms in total. The number of benzene rings is 1. The van der Waals surface area contributed by atoms with Crippen molar-refractivity contribution in [3.63, 3.8) is 0 Å². The lowest BCUT2D eigenvalue weighted by Crippen LogP contribution is -2.29. The van der Waals surface area contributed by atoms with Gasteiger partial charge in [0.25, 0.3) is 0 Å². The Kier molecular flexibility index (Phi) is 4.04. The summed E-state index contributed by atoms with van der Waals surface area (Å²) in [5, 5.41) is 0. The van der Waals surface area contributed by atoms with Gasteiger partial charge in [-0.2, -0.15) is 0 Å². The standard InChI is InChI=1S/C19H18FN3S/c20-15-3-4-17(21)16(9-15)18-8-14-5-7-23(12-19(14)24-18)11-13-2-1-6-22-10-13/h1-4,6,8-10H,5,7,11-12,21H2. The molecule has 3 aromatic rings. The second-order valence-corrected chi connectivity index (χ2v) is 7.25. The van der Waals surface area contributed by atoms with Crippen molar-refractivity contribution in [2.24, 2.45) is 0 Å². The van der Waals surface area contributed by atoms with Gasteiger partial charge in [-0.25, -0.2) is 4.39 Å². The molecule has 2 N–H and O–H groups in total. The van der Waals surface area contributed by atoms with Crippen LogP contribution >= 0.6 is 11.3 Å². The molecule has 24 heavy (non-hydrogen) atoms. The number of anilines is 1. The smallest absolute Gasteiger partial charge is 0.124 e. The van der Waals surface area contributed by atoms with Gasteiger partial charge < -0.3 is 5.73 Å². The first-order valence-electron chi connectivity index (χ1n) is 7.97. The summed E-state index contributed by atoms with van der Waals surface area (Å²) in [7, 11) is 0. The highest BCUT2D eigenvalue weighted by Gasteiger charge is 2.20. The van der Waals surface area contributed by atoms with Gasteiger partial charge in [-0.3, -0.25) is 9.88 Å². The van der Waals surface area contributed by atoms with Gasteiger partial charge in [-0.15, -0.1) is 11.3 Å². The van der Waals surface area contributed by atoms with Crippen molar-refractivity contribution in [1.29, 1.82) is 0 Å². The van der Waals surface area contributed by atoms with Gasteiger partial charge in [-0.1, -0.05) is 6.07 Å². The number of fused-ring (bicyclic) bond motifs is 1. The summed E-state index contributed by atoms with van der Waals surface area (Å²) >= 11 is 1.72. The monoisotopic (exact) mass is 339 g/mol. The second-order valence-electron chi connectivity index (χ2n) is 6.11. The van der Waals surface area contributed by atoms with Crippen LogP contribution in [0, 0.1) is 5.82 Å². The Bertz CT molecular complexity index is 860. The Hall–Kier alpha value is -2.24. The average Bonchev–Trinajstić information content (AvgIpc) is 3.01. The molecular weight excluding hydrogens is 321 g/mol. The summed E-state index contributed by atoms with van der Waals surface area (Å²) in [6.07, 6.45) is 4.73. The molecule has 0 atom stereocenters. The van der Waals surface area contributed by atoms with E-state index in [1.807, 2.05) is 12.3 Å². The normalized spacial score (nSPS) is 14.5. The van der Waals surface area contributed by atoms with Crippen LogP contribution in [0.4, 0.5) is 10.1 Å². The Balaban J connectivity index is 1.57. The largest absolute Gasteiger partial charge is 0.398 e. The molecule has 1 aliphatic rings. The van der Waals surface area contributed by atoms with E-state index in [4.69, 9.17) is 5.73 Å². The van der Waals surface area contributed by atoms with Gasteiger partial charge in [0.1, 0.15) is 5.82 Å². The number of nitrogen functional groups attached to an aromatic ring is 1. The number of pyridine rings is 1. The van der Waals surface area contributed by atoms with E-state index in [1.165, 1.54) is 28.1 Å². The molecular formula is C19H18FN3S. The number of hydrogen-bond acceptors (Lipinski definition) is 4. The van der Waals surface area contributed by atoms with Crippen LogP contribution < -0.4 is 5.73 Å². The minimum absolute atomic E-state index is 0.247. The lowest BCUT2D eigenvalue weighted by molar-refractivity contribution is 0.248. The summed E-state index contributed by atoms with van der Waals surface area (Å²) in [5.41, 5.74) is 10.0. The molecule has 1 aromatic carbocycles. The Morgan fingerprint density at radius 2 is 2.17 bits per heavy atom. The number of halogens is 1. The number of nitrogens with two attached hydrogens (primary N) is 1. The first kappa shape index (κ1) is 15.3. The highest BCUT2D eigenvalue weighted by Crippen LogP contribution is 2.37. The first-order chi connectivity index (χ1) is 11.7. The van der Waals surface area contributed by atoms with Crippen LogP contribution in [-0.4, -0.2) is 16.4 Å². The molecule has 0 unspecified atom stereocenters. The molecule has 1 aliphatic heterocycles. The fourth-order valence-electron chi connectivity index (χ4n) is 3.13. The molecule has 0 spiro atoms. The molecule has 2 aromatic heterocycles. The van der Waals surface area contributed by atoms with Crippen molar-refractivity contribution >= 4 is 17.0 Å². The number of hydrogen-bond donors (Lipinski definition) is 1. The van der Waals surface area contributed by atoms with Crippen LogP contribution in [0.15, 0.2) is 48.8 Å². The number of thiophene rings is 1. The zero-order valence-corrected chi connectivity index (χ0v) is 14.0. The predicted octanol–water partition coefficient (Wildman–Crippen LogP) is 4.09. The van der Waals surface area contributed by atoms with Gasteiger partial charge in [0.2, 0.25) is 0 Å². The molecule has 3 heterocycles. The molecule has 0 saturated carbocycles. The van der Waals surface area contributed by atoms with E-state index in [9.17, 15) is 4.39 Å². The second kappa shape index (κ2) is 6.34. The van der Waals surface area contributed by atoms with Crippen molar-refractivity contribution in [1.82, 2.24) is 9.88 Å². The lowest BCUT2D eigenvalue weighted by Gasteiger charge is -2.26. The lowest BCUT2D eigenvalue weighted by atomic mass is 10.1. The van der Waals surface area contributed by atoms with E-state index in [-0.39, 0.29) is 5.82 Å². The predicted molar refractivity (Wildman–Crippen MR) is 96.2 cm³/mol. The van der Waals surface area contributed by atoms with Crippen molar-refractivity contribution in [2.75, 3.05) is 12.3 Å². The quantitative estimate of drug-likeness (QED) is 0.731. The van der Waals surface area contributed by atoms with Crippen LogP contribution in [0.2, 0.25) is 0 Å². The van der Waals surface area contributed by atoms with Gasteiger partial charge in [0.15, 0.2) is 0 Å². The van der Waals surface area contributed by atoms with E-state index >= 15 is 0 Å². The van der Waals surface area contributed by atoms with Gasteiger partial charge >= 0.3 is 0 Å². The molecule has 0 saturated heterocycles. The SMILES string of the molecule is Nc1ccc(F)cc1-c1cc2c(s1)CN(Cc1cccnc1)CC2. The molecule has 5 heteroatoms. The van der Waals surface area contributed by atoms with Crippen molar-refractivity contribution in [3.8, 4) is 10.4 Å². The van der Waals surface area contributed by atoms with Gasteiger partial charge in [0.05, 0.1) is 0 Å². The third-order valence-electron chi connectivity index (χ3n) is 4.37. The maximum atomic E-state index is 13.6. The molecule has 0 aliphatic carbocycles. The molecule has 0 bridgehead atoms. The summed E-state index contributed by atoms with van der Waals surface area (Å²) in [5.74, 6) is -0.247. The molecule has 0 amide bonds. The van der Waals surface area contributed by atoms with Crippen molar-refractivity contribution in [3.05, 3.63) is 70.6 Å². The summed E-state index contributed by atoms with van der Waals surface area (Å²) < 4.78 is 13.6.